The van der Waals surface area contributed by atoms with Crippen molar-refractivity contribution in [3.63, 3.8) is 0 Å². The Hall–Kier alpha value is -4.86. The van der Waals surface area contributed by atoms with Gasteiger partial charge < -0.3 is 5.32 Å². The monoisotopic (exact) mass is 477 g/mol. The molecule has 6 rings (SSSR count). The number of aromatic nitrogens is 8. The van der Waals surface area contributed by atoms with Gasteiger partial charge in [0.2, 0.25) is 11.6 Å². The molecule has 0 bridgehead atoms. The van der Waals surface area contributed by atoms with Gasteiger partial charge in [-0.1, -0.05) is 54.6 Å². The Kier molecular flexibility index (Phi) is 5.45. The summed E-state index contributed by atoms with van der Waals surface area (Å²) in [6.07, 6.45) is 0.791. The van der Waals surface area contributed by atoms with E-state index in [-0.39, 0.29) is 5.56 Å². The molecule has 0 spiro atoms. The molecule has 178 valence electrons. The molecule has 3 heterocycles. The summed E-state index contributed by atoms with van der Waals surface area (Å²) in [5.41, 5.74) is 3.81. The number of hydrogen-bond acceptors (Lipinski definition) is 7. The predicted molar refractivity (Wildman–Crippen MR) is 136 cm³/mol. The van der Waals surface area contributed by atoms with Crippen LogP contribution in [0, 0.1) is 0 Å². The Balaban J connectivity index is 1.13. The normalized spacial score (nSPS) is 11.4. The number of tetrazole rings is 1. The average molecular weight is 478 g/mol. The summed E-state index contributed by atoms with van der Waals surface area (Å²) in [5, 5.41) is 25.4. The summed E-state index contributed by atoms with van der Waals surface area (Å²) in [6, 6.07) is 25.6. The molecule has 0 amide bonds. The van der Waals surface area contributed by atoms with Crippen molar-refractivity contribution >= 4 is 22.4 Å². The van der Waals surface area contributed by atoms with Crippen LogP contribution in [0.5, 0.6) is 0 Å². The van der Waals surface area contributed by atoms with E-state index in [0.717, 1.165) is 29.0 Å². The molecule has 6 aromatic rings. The van der Waals surface area contributed by atoms with Gasteiger partial charge in [-0.15, -0.1) is 20.4 Å². The van der Waals surface area contributed by atoms with E-state index in [9.17, 15) is 4.79 Å². The number of anilines is 1. The van der Waals surface area contributed by atoms with Gasteiger partial charge in [-0.3, -0.25) is 13.8 Å². The van der Waals surface area contributed by atoms with E-state index in [1.807, 2.05) is 71.1 Å². The molecule has 1 N–H and O–H groups in total. The smallest absolute Gasteiger partial charge is 0.262 e. The van der Waals surface area contributed by atoms with Crippen LogP contribution in [0.3, 0.4) is 0 Å². The number of nitrogens with one attached hydrogen (secondary N) is 1. The van der Waals surface area contributed by atoms with Crippen LogP contribution in [-0.4, -0.2) is 39.4 Å². The van der Waals surface area contributed by atoms with E-state index in [1.54, 1.807) is 11.8 Å². The minimum Gasteiger partial charge on any atom is -0.378 e. The fourth-order valence-corrected chi connectivity index (χ4v) is 4.25. The van der Waals surface area contributed by atoms with Crippen molar-refractivity contribution in [1.82, 2.24) is 39.4 Å². The van der Waals surface area contributed by atoms with Crippen LogP contribution in [0.2, 0.25) is 0 Å². The van der Waals surface area contributed by atoms with Crippen molar-refractivity contribution in [3.8, 4) is 11.4 Å². The van der Waals surface area contributed by atoms with E-state index in [0.29, 0.717) is 30.1 Å². The molecule has 0 saturated carbocycles. The van der Waals surface area contributed by atoms with Gasteiger partial charge in [-0.25, -0.2) is 0 Å². The highest BCUT2D eigenvalue weighted by atomic mass is 16.1. The Morgan fingerprint density at radius 2 is 1.64 bits per heavy atom. The summed E-state index contributed by atoms with van der Waals surface area (Å²) in [5.74, 6) is 1.87. The first-order valence-electron chi connectivity index (χ1n) is 11.7. The molecular weight excluding hydrogens is 454 g/mol. The maximum atomic E-state index is 12.6. The van der Waals surface area contributed by atoms with E-state index in [4.69, 9.17) is 0 Å². The number of benzene rings is 3. The van der Waals surface area contributed by atoms with Gasteiger partial charge >= 0.3 is 0 Å². The van der Waals surface area contributed by atoms with Crippen LogP contribution in [-0.2, 0) is 26.6 Å². The van der Waals surface area contributed by atoms with Crippen molar-refractivity contribution < 1.29 is 0 Å². The molecule has 0 atom stereocenters. The third-order valence-corrected chi connectivity index (χ3v) is 6.18. The van der Waals surface area contributed by atoms with Gasteiger partial charge in [0.25, 0.3) is 5.56 Å². The fraction of sp³-hybridized carbons (Fsp3) is 0.154. The van der Waals surface area contributed by atoms with Crippen LogP contribution in [0.15, 0.2) is 83.7 Å². The molecule has 0 aliphatic rings. The van der Waals surface area contributed by atoms with E-state index >= 15 is 0 Å². The van der Waals surface area contributed by atoms with Crippen molar-refractivity contribution in [2.24, 2.45) is 7.05 Å². The third kappa shape index (κ3) is 3.98. The molecule has 0 aliphatic carbocycles. The minimum atomic E-state index is -0.0852. The van der Waals surface area contributed by atoms with Crippen molar-refractivity contribution in [3.05, 3.63) is 101 Å². The summed E-state index contributed by atoms with van der Waals surface area (Å²) in [7, 11) is 1.71. The highest BCUT2D eigenvalue weighted by molar-refractivity contribution is 5.80. The van der Waals surface area contributed by atoms with Crippen molar-refractivity contribution in [2.45, 2.75) is 19.5 Å². The number of aryl methyl sites for hydroxylation is 3. The Morgan fingerprint density at radius 3 is 2.47 bits per heavy atom. The second kappa shape index (κ2) is 9.06. The number of fused-ring (bicyclic) bond motifs is 3. The lowest BCUT2D eigenvalue weighted by Gasteiger charge is -2.09. The summed E-state index contributed by atoms with van der Waals surface area (Å²) in [4.78, 5) is 14.3. The van der Waals surface area contributed by atoms with Gasteiger partial charge in [-0.05, 0) is 41.5 Å². The molecule has 3 aromatic carbocycles. The second-order valence-corrected chi connectivity index (χ2v) is 8.51. The summed E-state index contributed by atoms with van der Waals surface area (Å²) < 4.78 is 3.45. The largest absolute Gasteiger partial charge is 0.378 e. The predicted octanol–water partition coefficient (Wildman–Crippen LogP) is 3.09. The minimum absolute atomic E-state index is 0.0852. The molecule has 0 saturated heterocycles. The lowest BCUT2D eigenvalue weighted by Crippen LogP contribution is -2.20. The standard InChI is InChI=1S/C26H23N9O/c1-33-25(36)21-9-5-6-10-22(21)35-23(28-30-26(33)35)17-27-20-13-11-18(12-14-20)15-16-34-31-24(29-32-34)19-7-3-2-4-8-19/h2-14,27H,15-17H2,1H3. The SMILES string of the molecule is Cn1c(=O)c2ccccc2n2c(CNc3ccc(CCn4nnc(-c5ccccc5)n4)cc3)nnc12. The maximum absolute atomic E-state index is 12.6. The topological polar surface area (TPSA) is 108 Å². The highest BCUT2D eigenvalue weighted by Crippen LogP contribution is 2.16. The van der Waals surface area contributed by atoms with Crippen LogP contribution >= 0.6 is 0 Å². The van der Waals surface area contributed by atoms with E-state index < -0.39 is 0 Å². The van der Waals surface area contributed by atoms with Crippen LogP contribution < -0.4 is 10.9 Å². The molecule has 0 unspecified atom stereocenters. The van der Waals surface area contributed by atoms with Crippen LogP contribution in [0.1, 0.15) is 11.4 Å². The first-order valence-corrected chi connectivity index (χ1v) is 11.7. The zero-order valence-electron chi connectivity index (χ0n) is 19.6. The van der Waals surface area contributed by atoms with Gasteiger partial charge in [0.05, 0.1) is 24.0 Å². The lowest BCUT2D eigenvalue weighted by atomic mass is 10.1. The fourth-order valence-electron chi connectivity index (χ4n) is 4.25. The molecule has 0 aliphatic heterocycles. The van der Waals surface area contributed by atoms with Gasteiger partial charge in [-0.2, -0.15) is 4.80 Å². The van der Waals surface area contributed by atoms with E-state index in [2.05, 4.69) is 43.1 Å². The number of nitrogens with zero attached hydrogens (tertiary/aromatic N) is 8. The number of rotatable bonds is 7. The molecular formula is C26H23N9O. The summed E-state index contributed by atoms with van der Waals surface area (Å²) in [6.45, 7) is 1.11. The van der Waals surface area contributed by atoms with E-state index in [1.165, 1.54) is 10.1 Å². The molecule has 10 heteroatoms. The lowest BCUT2D eigenvalue weighted by molar-refractivity contribution is 0.523. The quantitative estimate of drug-likeness (QED) is 0.376. The van der Waals surface area contributed by atoms with Crippen molar-refractivity contribution in [1.29, 1.82) is 0 Å². The highest BCUT2D eigenvalue weighted by Gasteiger charge is 2.14. The zero-order chi connectivity index (χ0) is 24.5. The number of para-hydroxylation sites is 1. The Labute approximate surface area is 205 Å². The molecule has 3 aromatic heterocycles. The molecule has 0 radical (unpaired) electrons. The van der Waals surface area contributed by atoms with Crippen LogP contribution in [0.25, 0.3) is 28.1 Å². The Morgan fingerprint density at radius 1 is 0.861 bits per heavy atom. The first-order chi connectivity index (χ1) is 17.7. The summed E-state index contributed by atoms with van der Waals surface area (Å²) >= 11 is 0. The number of hydrogen-bond donors (Lipinski definition) is 1. The second-order valence-electron chi connectivity index (χ2n) is 8.51. The van der Waals surface area contributed by atoms with Crippen molar-refractivity contribution in [2.75, 3.05) is 5.32 Å². The van der Waals surface area contributed by atoms with Gasteiger partial charge in [0.15, 0.2) is 5.82 Å². The Bertz CT molecular complexity index is 1720. The maximum Gasteiger partial charge on any atom is 0.262 e. The molecule has 10 nitrogen and oxygen atoms in total. The first kappa shape index (κ1) is 21.7. The van der Waals surface area contributed by atoms with Gasteiger partial charge in [0, 0.05) is 18.3 Å². The average Bonchev–Trinajstić information content (AvgIpc) is 3.58. The van der Waals surface area contributed by atoms with Gasteiger partial charge in [0.1, 0.15) is 0 Å². The molecule has 0 fully saturated rings. The van der Waals surface area contributed by atoms with Crippen LogP contribution in [0.4, 0.5) is 5.69 Å². The third-order valence-electron chi connectivity index (χ3n) is 6.18. The zero-order valence-corrected chi connectivity index (χ0v) is 19.6. The molecule has 36 heavy (non-hydrogen) atoms.